The van der Waals surface area contributed by atoms with E-state index in [9.17, 15) is 13.2 Å². The molecule has 3 N–H and O–H groups in total. The molecule has 1 unspecified atom stereocenters. The summed E-state index contributed by atoms with van der Waals surface area (Å²) in [5.74, 6) is 6.10. The van der Waals surface area contributed by atoms with Crippen molar-refractivity contribution >= 4 is 0 Å². The highest BCUT2D eigenvalue weighted by Gasteiger charge is 2.26. The summed E-state index contributed by atoms with van der Waals surface area (Å²) in [7, 11) is 1.57. The van der Waals surface area contributed by atoms with Crippen LogP contribution < -0.4 is 16.0 Å². The third kappa shape index (κ3) is 6.45. The van der Waals surface area contributed by atoms with Crippen molar-refractivity contribution in [2.45, 2.75) is 37.9 Å². The lowest BCUT2D eigenvalue weighted by Gasteiger charge is -2.16. The molecule has 3 nitrogen and oxygen atoms in total. The van der Waals surface area contributed by atoms with Gasteiger partial charge in [0.1, 0.15) is 5.75 Å². The zero-order chi connectivity index (χ0) is 14.3. The maximum Gasteiger partial charge on any atom is 0.389 e. The van der Waals surface area contributed by atoms with Crippen molar-refractivity contribution in [1.29, 1.82) is 0 Å². The monoisotopic (exact) mass is 276 g/mol. The Bertz CT molecular complexity index is 382. The maximum atomic E-state index is 12.1. The van der Waals surface area contributed by atoms with E-state index in [1.807, 2.05) is 24.3 Å². The predicted octanol–water partition coefficient (Wildman–Crippen LogP) is 2.80. The first-order chi connectivity index (χ1) is 8.94. The summed E-state index contributed by atoms with van der Waals surface area (Å²) < 4.78 is 41.3. The molecule has 1 aromatic rings. The van der Waals surface area contributed by atoms with Gasteiger partial charge in [-0.2, -0.15) is 13.2 Å². The van der Waals surface area contributed by atoms with Crippen LogP contribution in [-0.4, -0.2) is 19.3 Å². The van der Waals surface area contributed by atoms with Crippen LogP contribution in [-0.2, 0) is 6.42 Å². The number of hydrazine groups is 1. The molecule has 0 fully saturated rings. The maximum absolute atomic E-state index is 12.1. The van der Waals surface area contributed by atoms with Crippen molar-refractivity contribution in [2.75, 3.05) is 7.11 Å². The van der Waals surface area contributed by atoms with Gasteiger partial charge in [0, 0.05) is 12.5 Å². The first kappa shape index (κ1) is 15.8. The summed E-state index contributed by atoms with van der Waals surface area (Å²) in [6.07, 6.45) is -3.85. The van der Waals surface area contributed by atoms with Gasteiger partial charge in [0.05, 0.1) is 7.11 Å². The summed E-state index contributed by atoms with van der Waals surface area (Å²) in [6.45, 7) is 0. The van der Waals surface area contributed by atoms with Gasteiger partial charge in [0.2, 0.25) is 0 Å². The normalized spacial score (nSPS) is 13.3. The van der Waals surface area contributed by atoms with Crippen molar-refractivity contribution in [3.8, 4) is 5.75 Å². The number of hydrogen-bond donors (Lipinski definition) is 2. The van der Waals surface area contributed by atoms with Crippen LogP contribution in [0.15, 0.2) is 24.3 Å². The van der Waals surface area contributed by atoms with Gasteiger partial charge in [-0.1, -0.05) is 12.1 Å². The Labute approximate surface area is 110 Å². The lowest BCUT2D eigenvalue weighted by atomic mass is 10.0. The van der Waals surface area contributed by atoms with E-state index in [4.69, 9.17) is 10.6 Å². The molecule has 0 saturated heterocycles. The van der Waals surface area contributed by atoms with Crippen LogP contribution in [0, 0.1) is 0 Å². The molecule has 0 saturated carbocycles. The molecule has 1 atom stereocenters. The van der Waals surface area contributed by atoms with Crippen LogP contribution in [0.4, 0.5) is 13.2 Å². The minimum Gasteiger partial charge on any atom is -0.497 e. The van der Waals surface area contributed by atoms with E-state index in [2.05, 4.69) is 5.43 Å². The fraction of sp³-hybridized carbons (Fsp3) is 0.538. The second-order valence-electron chi connectivity index (χ2n) is 4.43. The van der Waals surface area contributed by atoms with Crippen LogP contribution >= 0.6 is 0 Å². The third-order valence-corrected chi connectivity index (χ3v) is 2.86. The molecule has 0 aliphatic heterocycles. The predicted molar refractivity (Wildman–Crippen MR) is 67.7 cm³/mol. The Hall–Kier alpha value is -1.27. The molecule has 108 valence electrons. The minimum absolute atomic E-state index is 0.0718. The van der Waals surface area contributed by atoms with Gasteiger partial charge in [-0.3, -0.25) is 11.3 Å². The van der Waals surface area contributed by atoms with E-state index in [0.29, 0.717) is 12.8 Å². The molecule has 6 heteroatoms. The van der Waals surface area contributed by atoms with Crippen molar-refractivity contribution < 1.29 is 17.9 Å². The molecule has 0 heterocycles. The van der Waals surface area contributed by atoms with E-state index >= 15 is 0 Å². The average molecular weight is 276 g/mol. The van der Waals surface area contributed by atoms with Crippen LogP contribution in [0.1, 0.15) is 24.8 Å². The van der Waals surface area contributed by atoms with Crippen molar-refractivity contribution in [3.05, 3.63) is 29.8 Å². The van der Waals surface area contributed by atoms with Crippen molar-refractivity contribution in [3.63, 3.8) is 0 Å². The quantitative estimate of drug-likeness (QED) is 0.594. The summed E-state index contributed by atoms with van der Waals surface area (Å²) in [5.41, 5.74) is 3.55. The lowest BCUT2D eigenvalue weighted by molar-refractivity contribution is -0.135. The molecule has 0 aliphatic rings. The molecular weight excluding hydrogens is 257 g/mol. The number of nitrogens with one attached hydrogen (secondary N) is 1. The topological polar surface area (TPSA) is 47.3 Å². The molecular formula is C13H19F3N2O. The van der Waals surface area contributed by atoms with E-state index in [1.54, 1.807) is 7.11 Å². The number of nitrogens with two attached hydrogens (primary N) is 1. The number of benzene rings is 1. The second-order valence-corrected chi connectivity index (χ2v) is 4.43. The van der Waals surface area contributed by atoms with Gasteiger partial charge >= 0.3 is 6.18 Å². The van der Waals surface area contributed by atoms with Crippen LogP contribution in [0.5, 0.6) is 5.75 Å². The van der Waals surface area contributed by atoms with E-state index < -0.39 is 12.6 Å². The SMILES string of the molecule is COc1cccc(CC(CCCC(F)(F)F)NN)c1. The Kier molecular flexibility index (Phi) is 6.11. The number of ether oxygens (including phenoxy) is 1. The molecule has 0 amide bonds. The molecule has 0 radical (unpaired) electrons. The van der Waals surface area contributed by atoms with Gasteiger partial charge in [-0.25, -0.2) is 0 Å². The standard InChI is InChI=1S/C13H19F3N2O/c1-19-12-6-2-4-10(9-12)8-11(18-17)5-3-7-13(14,15)16/h2,4,6,9,11,18H,3,5,7-8,17H2,1H3. The second kappa shape index (κ2) is 7.35. The molecule has 0 bridgehead atoms. The number of halogens is 3. The fourth-order valence-electron chi connectivity index (χ4n) is 1.88. The van der Waals surface area contributed by atoms with Gasteiger partial charge < -0.3 is 4.74 Å². The summed E-state index contributed by atoms with van der Waals surface area (Å²) in [6, 6.07) is 7.25. The number of alkyl halides is 3. The zero-order valence-electron chi connectivity index (χ0n) is 10.8. The van der Waals surface area contributed by atoms with E-state index in [0.717, 1.165) is 11.3 Å². The molecule has 1 aromatic carbocycles. The van der Waals surface area contributed by atoms with Gasteiger partial charge in [-0.05, 0) is 37.0 Å². The smallest absolute Gasteiger partial charge is 0.389 e. The van der Waals surface area contributed by atoms with E-state index in [-0.39, 0.29) is 12.5 Å². The highest BCUT2D eigenvalue weighted by atomic mass is 19.4. The Balaban J connectivity index is 2.47. The Morgan fingerprint density at radius 3 is 2.68 bits per heavy atom. The third-order valence-electron chi connectivity index (χ3n) is 2.86. The highest BCUT2D eigenvalue weighted by molar-refractivity contribution is 5.28. The number of rotatable bonds is 7. The fourth-order valence-corrected chi connectivity index (χ4v) is 1.88. The van der Waals surface area contributed by atoms with Gasteiger partial charge in [0.25, 0.3) is 0 Å². The van der Waals surface area contributed by atoms with Crippen molar-refractivity contribution in [1.82, 2.24) is 5.43 Å². The van der Waals surface area contributed by atoms with E-state index in [1.165, 1.54) is 0 Å². The molecule has 1 rings (SSSR count). The van der Waals surface area contributed by atoms with Crippen molar-refractivity contribution in [2.24, 2.45) is 5.84 Å². The first-order valence-electron chi connectivity index (χ1n) is 6.10. The molecule has 0 aromatic heterocycles. The molecule has 0 aliphatic carbocycles. The largest absolute Gasteiger partial charge is 0.497 e. The highest BCUT2D eigenvalue weighted by Crippen LogP contribution is 2.23. The van der Waals surface area contributed by atoms with Crippen LogP contribution in [0.3, 0.4) is 0 Å². The Morgan fingerprint density at radius 1 is 1.37 bits per heavy atom. The first-order valence-corrected chi connectivity index (χ1v) is 6.10. The van der Waals surface area contributed by atoms with Gasteiger partial charge in [-0.15, -0.1) is 0 Å². The minimum atomic E-state index is -4.10. The Morgan fingerprint density at radius 2 is 2.11 bits per heavy atom. The molecule has 0 spiro atoms. The number of methoxy groups -OCH3 is 1. The average Bonchev–Trinajstić information content (AvgIpc) is 2.36. The summed E-state index contributed by atoms with van der Waals surface area (Å²) in [4.78, 5) is 0. The van der Waals surface area contributed by atoms with Gasteiger partial charge in [0.15, 0.2) is 0 Å². The summed E-state index contributed by atoms with van der Waals surface area (Å²) >= 11 is 0. The molecule has 19 heavy (non-hydrogen) atoms. The summed E-state index contributed by atoms with van der Waals surface area (Å²) in [5, 5.41) is 0. The zero-order valence-corrected chi connectivity index (χ0v) is 10.8. The lowest BCUT2D eigenvalue weighted by Crippen LogP contribution is -2.36. The van der Waals surface area contributed by atoms with Crippen LogP contribution in [0.2, 0.25) is 0 Å². The number of hydrogen-bond acceptors (Lipinski definition) is 3. The van der Waals surface area contributed by atoms with Crippen LogP contribution in [0.25, 0.3) is 0 Å².